The van der Waals surface area contributed by atoms with E-state index in [2.05, 4.69) is 4.74 Å². The van der Waals surface area contributed by atoms with Gasteiger partial charge in [0, 0.05) is 17.5 Å². The van der Waals surface area contributed by atoms with Gasteiger partial charge in [0.05, 0.1) is 13.7 Å². The first-order valence-corrected chi connectivity index (χ1v) is 8.21. The van der Waals surface area contributed by atoms with E-state index in [1.807, 2.05) is 0 Å². The molecule has 1 aromatic carbocycles. The summed E-state index contributed by atoms with van der Waals surface area (Å²) in [6.07, 6.45) is 0. The van der Waals surface area contributed by atoms with E-state index in [1.165, 1.54) is 49.4 Å². The first-order chi connectivity index (χ1) is 12.1. The zero-order valence-electron chi connectivity index (χ0n) is 14.2. The Kier molecular flexibility index (Phi) is 6.01. The van der Waals surface area contributed by atoms with Gasteiger partial charge < -0.3 is 14.1 Å². The molecule has 2 rings (SSSR count). The number of halogens is 3. The fraction of sp³-hybridized carbons (Fsp3) is 0.294. The van der Waals surface area contributed by atoms with E-state index in [4.69, 9.17) is 4.42 Å². The molecule has 9 heteroatoms. The van der Waals surface area contributed by atoms with Gasteiger partial charge in [-0.2, -0.15) is 13.2 Å². The molecule has 0 radical (unpaired) electrons. The molecular formula is C17H16F3NO4S. The maximum Gasteiger partial charge on any atom is 0.446 e. The van der Waals surface area contributed by atoms with E-state index in [-0.39, 0.29) is 40.2 Å². The number of rotatable bonds is 5. The molecule has 0 fully saturated rings. The number of carbonyl (C=O) groups is 2. The summed E-state index contributed by atoms with van der Waals surface area (Å²) >= 11 is -0.242. The van der Waals surface area contributed by atoms with E-state index < -0.39 is 11.5 Å². The Hall–Kier alpha value is -2.42. The van der Waals surface area contributed by atoms with Crippen molar-refractivity contribution >= 4 is 23.6 Å². The average molecular weight is 387 g/mol. The lowest BCUT2D eigenvalue weighted by Gasteiger charge is -2.16. The highest BCUT2D eigenvalue weighted by atomic mass is 32.2. The molecule has 0 saturated carbocycles. The van der Waals surface area contributed by atoms with Crippen LogP contribution in [0.25, 0.3) is 0 Å². The summed E-state index contributed by atoms with van der Waals surface area (Å²) in [5, 5.41) is 0. The molecule has 140 valence electrons. The fourth-order valence-corrected chi connectivity index (χ4v) is 2.80. The minimum Gasteiger partial charge on any atom is -0.465 e. The first-order valence-electron chi connectivity index (χ1n) is 7.39. The maximum absolute atomic E-state index is 12.4. The van der Waals surface area contributed by atoms with Crippen molar-refractivity contribution in [1.82, 2.24) is 4.90 Å². The molecule has 2 aromatic rings. The average Bonchev–Trinajstić information content (AvgIpc) is 2.93. The van der Waals surface area contributed by atoms with Crippen LogP contribution in [0.1, 0.15) is 32.2 Å². The molecule has 5 nitrogen and oxygen atoms in total. The SMILES string of the molecule is COC(=O)c1cc(CN(C)C(=O)c2ccc(SC(F)(F)F)cc2)oc1C. The van der Waals surface area contributed by atoms with Crippen molar-refractivity contribution in [2.75, 3.05) is 14.2 Å². The second kappa shape index (κ2) is 7.86. The summed E-state index contributed by atoms with van der Waals surface area (Å²) in [5.74, 6) is -0.157. The smallest absolute Gasteiger partial charge is 0.446 e. The van der Waals surface area contributed by atoms with E-state index in [1.54, 1.807) is 6.92 Å². The van der Waals surface area contributed by atoms with Crippen LogP contribution in [0.15, 0.2) is 39.6 Å². The number of hydrogen-bond donors (Lipinski definition) is 0. The van der Waals surface area contributed by atoms with Gasteiger partial charge in [-0.3, -0.25) is 4.79 Å². The van der Waals surface area contributed by atoms with E-state index >= 15 is 0 Å². The second-order valence-corrected chi connectivity index (χ2v) is 6.55. The van der Waals surface area contributed by atoms with E-state index in [0.29, 0.717) is 11.5 Å². The molecule has 0 aliphatic heterocycles. The number of hydrogen-bond acceptors (Lipinski definition) is 5. The van der Waals surface area contributed by atoms with Crippen molar-refractivity contribution < 1.29 is 31.9 Å². The molecule has 1 aromatic heterocycles. The van der Waals surface area contributed by atoms with Gasteiger partial charge in [-0.05, 0) is 49.0 Å². The Morgan fingerprint density at radius 1 is 1.23 bits per heavy atom. The minimum atomic E-state index is -4.38. The molecule has 0 aliphatic rings. The van der Waals surface area contributed by atoms with Crippen LogP contribution < -0.4 is 0 Å². The Morgan fingerprint density at radius 3 is 2.38 bits per heavy atom. The quantitative estimate of drug-likeness (QED) is 0.567. The molecule has 0 unspecified atom stereocenters. The van der Waals surface area contributed by atoms with Crippen molar-refractivity contribution in [3.8, 4) is 0 Å². The van der Waals surface area contributed by atoms with Crippen LogP contribution in [-0.2, 0) is 11.3 Å². The number of alkyl halides is 3. The third-order valence-electron chi connectivity index (χ3n) is 3.45. The van der Waals surface area contributed by atoms with Gasteiger partial charge in [0.15, 0.2) is 0 Å². The number of amides is 1. The standard InChI is InChI=1S/C17H16F3NO4S/c1-10-14(16(23)24-3)8-12(25-10)9-21(2)15(22)11-4-6-13(7-5-11)26-17(18,19)20/h4-8H,9H2,1-3H3. The number of ether oxygens (including phenoxy) is 1. The van der Waals surface area contributed by atoms with Crippen molar-refractivity contribution in [1.29, 1.82) is 0 Å². The van der Waals surface area contributed by atoms with Crippen molar-refractivity contribution in [2.24, 2.45) is 0 Å². The Balaban J connectivity index is 2.06. The van der Waals surface area contributed by atoms with Gasteiger partial charge in [-0.15, -0.1) is 0 Å². The normalized spacial score (nSPS) is 11.3. The number of furan rings is 1. The summed E-state index contributed by atoms with van der Waals surface area (Å²) in [4.78, 5) is 25.3. The lowest BCUT2D eigenvalue weighted by Crippen LogP contribution is -2.25. The lowest BCUT2D eigenvalue weighted by molar-refractivity contribution is -0.0328. The lowest BCUT2D eigenvalue weighted by atomic mass is 10.2. The molecule has 0 aliphatic carbocycles. The number of aryl methyl sites for hydroxylation is 1. The summed E-state index contributed by atoms with van der Waals surface area (Å²) in [5.41, 5.74) is -3.86. The molecule has 0 spiro atoms. The summed E-state index contributed by atoms with van der Waals surface area (Å²) in [6, 6.07) is 6.64. The number of methoxy groups -OCH3 is 1. The summed E-state index contributed by atoms with van der Waals surface area (Å²) in [6.45, 7) is 1.70. The Morgan fingerprint density at radius 2 is 1.85 bits per heavy atom. The number of carbonyl (C=O) groups excluding carboxylic acids is 2. The molecule has 1 heterocycles. The van der Waals surface area contributed by atoms with Crippen molar-refractivity contribution in [2.45, 2.75) is 23.9 Å². The molecule has 0 atom stereocenters. The topological polar surface area (TPSA) is 59.8 Å². The zero-order valence-corrected chi connectivity index (χ0v) is 15.0. The van der Waals surface area contributed by atoms with Crippen molar-refractivity contribution in [3.05, 3.63) is 53.0 Å². The molecule has 0 saturated heterocycles. The first kappa shape index (κ1) is 19.9. The van der Waals surface area contributed by atoms with Gasteiger partial charge in [-0.25, -0.2) is 4.79 Å². The third kappa shape index (κ3) is 5.04. The van der Waals surface area contributed by atoms with Crippen LogP contribution in [0.3, 0.4) is 0 Å². The van der Waals surface area contributed by atoms with Gasteiger partial charge in [0.25, 0.3) is 5.91 Å². The molecule has 1 amide bonds. The number of thioether (sulfide) groups is 1. The van der Waals surface area contributed by atoms with Crippen LogP contribution in [0.4, 0.5) is 13.2 Å². The largest absolute Gasteiger partial charge is 0.465 e. The molecule has 26 heavy (non-hydrogen) atoms. The summed E-state index contributed by atoms with van der Waals surface area (Å²) < 4.78 is 47.1. The number of benzene rings is 1. The highest BCUT2D eigenvalue weighted by Crippen LogP contribution is 2.36. The Labute approximate surface area is 152 Å². The fourth-order valence-electron chi connectivity index (χ4n) is 2.26. The summed E-state index contributed by atoms with van der Waals surface area (Å²) in [7, 11) is 2.78. The van der Waals surface area contributed by atoms with Crippen LogP contribution in [-0.4, -0.2) is 36.4 Å². The number of esters is 1. The highest BCUT2D eigenvalue weighted by Gasteiger charge is 2.29. The van der Waals surface area contributed by atoms with Gasteiger partial charge in [0.2, 0.25) is 0 Å². The molecule has 0 bridgehead atoms. The van der Waals surface area contributed by atoms with E-state index in [9.17, 15) is 22.8 Å². The Bertz CT molecular complexity index is 799. The van der Waals surface area contributed by atoms with Crippen molar-refractivity contribution in [3.63, 3.8) is 0 Å². The number of nitrogens with zero attached hydrogens (tertiary/aromatic N) is 1. The van der Waals surface area contributed by atoms with Crippen LogP contribution in [0, 0.1) is 6.92 Å². The highest BCUT2D eigenvalue weighted by molar-refractivity contribution is 8.00. The third-order valence-corrected chi connectivity index (χ3v) is 4.19. The van der Waals surface area contributed by atoms with Crippen LogP contribution in [0.2, 0.25) is 0 Å². The van der Waals surface area contributed by atoms with Gasteiger partial charge in [-0.1, -0.05) is 0 Å². The predicted molar refractivity (Wildman–Crippen MR) is 88.9 cm³/mol. The maximum atomic E-state index is 12.4. The zero-order chi connectivity index (χ0) is 19.5. The van der Waals surface area contributed by atoms with E-state index in [0.717, 1.165) is 0 Å². The molecule has 0 N–H and O–H groups in total. The monoisotopic (exact) mass is 387 g/mol. The second-order valence-electron chi connectivity index (χ2n) is 5.41. The minimum absolute atomic E-state index is 0.00100. The van der Waals surface area contributed by atoms with Crippen LogP contribution in [0.5, 0.6) is 0 Å². The predicted octanol–water partition coefficient (Wildman–Crippen LogP) is 4.26. The molecular weight excluding hydrogens is 371 g/mol. The van der Waals surface area contributed by atoms with Crippen LogP contribution >= 0.6 is 11.8 Å². The van der Waals surface area contributed by atoms with Gasteiger partial charge >= 0.3 is 11.5 Å². The van der Waals surface area contributed by atoms with Gasteiger partial charge in [0.1, 0.15) is 17.1 Å².